The number of likely N-dealkylation sites (N-methyl/N-ethyl adjacent to an activating group) is 1. The maximum absolute atomic E-state index is 12.5. The quantitative estimate of drug-likeness (QED) is 0.0464. The van der Waals surface area contributed by atoms with Gasteiger partial charge in [-0.15, -0.1) is 0 Å². The molecule has 0 saturated carbocycles. The van der Waals surface area contributed by atoms with E-state index in [-0.39, 0.29) is 25.5 Å². The second-order valence-corrected chi connectivity index (χ2v) is 12.6. The summed E-state index contributed by atoms with van der Waals surface area (Å²) in [6.45, 7) is 4.51. The van der Waals surface area contributed by atoms with Crippen molar-refractivity contribution in [2.75, 3.05) is 40.9 Å². The SMILES string of the molecule is CC/C=C\C/C=C\C/C=C\C/C=C\C/C=C\CC(=O)NC(COP(=O)(O)OCC[N+](C)(C)C)C(O)CCCCCC. The van der Waals surface area contributed by atoms with E-state index in [9.17, 15) is 19.4 Å². The smallest absolute Gasteiger partial charge is 0.391 e. The van der Waals surface area contributed by atoms with Gasteiger partial charge in [-0.25, -0.2) is 4.57 Å². The average Bonchev–Trinajstić information content (AvgIpc) is 2.90. The van der Waals surface area contributed by atoms with E-state index in [1.165, 1.54) is 0 Å². The minimum absolute atomic E-state index is 0.0535. The van der Waals surface area contributed by atoms with E-state index in [4.69, 9.17) is 9.05 Å². The molecular formula is C32H58N2O6P+. The lowest BCUT2D eigenvalue weighted by atomic mass is 10.0. The van der Waals surface area contributed by atoms with Gasteiger partial charge in [-0.2, -0.15) is 0 Å². The minimum Gasteiger partial charge on any atom is -0.391 e. The van der Waals surface area contributed by atoms with Gasteiger partial charge in [0.15, 0.2) is 0 Å². The Labute approximate surface area is 250 Å². The van der Waals surface area contributed by atoms with Gasteiger partial charge in [-0.3, -0.25) is 13.8 Å². The van der Waals surface area contributed by atoms with Crippen LogP contribution in [0.5, 0.6) is 0 Å². The van der Waals surface area contributed by atoms with Crippen LogP contribution in [0.1, 0.15) is 84.5 Å². The first-order valence-corrected chi connectivity index (χ1v) is 16.6. The van der Waals surface area contributed by atoms with Crippen LogP contribution >= 0.6 is 7.82 Å². The van der Waals surface area contributed by atoms with Gasteiger partial charge in [0.1, 0.15) is 13.2 Å². The molecule has 0 aromatic carbocycles. The van der Waals surface area contributed by atoms with Crippen LogP contribution in [0.15, 0.2) is 60.8 Å². The van der Waals surface area contributed by atoms with Gasteiger partial charge in [0.25, 0.3) is 0 Å². The van der Waals surface area contributed by atoms with Crippen LogP contribution in [0.3, 0.4) is 0 Å². The second kappa shape index (κ2) is 24.8. The zero-order chi connectivity index (χ0) is 30.8. The van der Waals surface area contributed by atoms with Gasteiger partial charge >= 0.3 is 7.82 Å². The number of rotatable bonds is 25. The lowest BCUT2D eigenvalue weighted by Crippen LogP contribution is -2.46. The third kappa shape index (κ3) is 26.8. The van der Waals surface area contributed by atoms with E-state index in [0.717, 1.165) is 57.8 Å². The first-order chi connectivity index (χ1) is 19.5. The summed E-state index contributed by atoms with van der Waals surface area (Å²) in [6, 6.07) is -0.811. The molecule has 0 aliphatic heterocycles. The molecule has 236 valence electrons. The molecule has 0 spiro atoms. The van der Waals surface area contributed by atoms with E-state index >= 15 is 0 Å². The van der Waals surface area contributed by atoms with Crippen LogP contribution in [0.2, 0.25) is 0 Å². The maximum atomic E-state index is 12.5. The zero-order valence-corrected chi connectivity index (χ0v) is 27.1. The van der Waals surface area contributed by atoms with Crippen molar-refractivity contribution in [1.82, 2.24) is 5.32 Å². The van der Waals surface area contributed by atoms with Gasteiger partial charge < -0.3 is 19.8 Å². The number of phosphoric acid groups is 1. The van der Waals surface area contributed by atoms with Crippen LogP contribution in [0, 0.1) is 0 Å². The minimum atomic E-state index is -4.31. The molecule has 3 N–H and O–H groups in total. The summed E-state index contributed by atoms with van der Waals surface area (Å²) < 4.78 is 23.1. The summed E-state index contributed by atoms with van der Waals surface area (Å²) in [4.78, 5) is 22.6. The molecule has 0 saturated heterocycles. The van der Waals surface area contributed by atoms with Crippen LogP contribution < -0.4 is 5.32 Å². The van der Waals surface area contributed by atoms with Gasteiger partial charge in [-0.05, 0) is 38.5 Å². The fraction of sp³-hybridized carbons (Fsp3) is 0.656. The highest BCUT2D eigenvalue weighted by atomic mass is 31.2. The van der Waals surface area contributed by atoms with E-state index in [1.807, 2.05) is 27.2 Å². The second-order valence-electron chi connectivity index (χ2n) is 11.1. The van der Waals surface area contributed by atoms with E-state index < -0.39 is 20.0 Å². The standard InChI is InChI=1S/C32H57N2O6P/c1-6-8-10-12-13-14-15-16-17-18-19-20-21-22-24-26-32(36)33-30(31(35)25-23-11-9-7-2)29-40-41(37,38)39-28-27-34(3,4)5/h8,10,13-14,16-17,19-20,22,24,30-31,35H,6-7,9,11-12,15,18,21,23,25-29H2,1-5H3,(H-,33,36,37,38)/p+1/b10-8-,14-13-,17-16-,20-19-,24-22-. The molecule has 3 unspecified atom stereocenters. The van der Waals surface area contributed by atoms with Crippen LogP contribution in [-0.2, 0) is 18.4 Å². The van der Waals surface area contributed by atoms with Crippen LogP contribution in [-0.4, -0.2) is 73.4 Å². The summed E-state index contributed by atoms with van der Waals surface area (Å²) in [5.41, 5.74) is 0. The molecule has 3 atom stereocenters. The Bertz CT molecular complexity index is 861. The Morgan fingerprint density at radius 1 is 0.829 bits per heavy atom. The molecule has 0 bridgehead atoms. The highest BCUT2D eigenvalue weighted by Crippen LogP contribution is 2.43. The van der Waals surface area contributed by atoms with Crippen molar-refractivity contribution >= 4 is 13.7 Å². The molecule has 0 fully saturated rings. The number of allylic oxidation sites excluding steroid dienone is 9. The Morgan fingerprint density at radius 3 is 1.88 bits per heavy atom. The molecule has 9 heteroatoms. The summed E-state index contributed by atoms with van der Waals surface area (Å²) in [5.74, 6) is -0.286. The van der Waals surface area contributed by atoms with Crippen LogP contribution in [0.4, 0.5) is 0 Å². The summed E-state index contributed by atoms with van der Waals surface area (Å²) in [5, 5.41) is 13.5. The Kier molecular flexibility index (Phi) is 23.7. The molecule has 0 aromatic rings. The number of amides is 1. The molecule has 0 aliphatic rings. The molecule has 0 rings (SSSR count). The number of aliphatic hydroxyl groups is 1. The van der Waals surface area contributed by atoms with Gasteiger partial charge in [-0.1, -0.05) is 100 Å². The van der Waals surface area contributed by atoms with Crippen molar-refractivity contribution in [2.45, 2.75) is 96.6 Å². The highest BCUT2D eigenvalue weighted by molar-refractivity contribution is 7.47. The molecule has 1 amide bonds. The van der Waals surface area contributed by atoms with Crippen molar-refractivity contribution in [2.24, 2.45) is 0 Å². The van der Waals surface area contributed by atoms with E-state index in [2.05, 4.69) is 67.8 Å². The lowest BCUT2D eigenvalue weighted by molar-refractivity contribution is -0.870. The van der Waals surface area contributed by atoms with Gasteiger partial charge in [0.05, 0.1) is 39.9 Å². The maximum Gasteiger partial charge on any atom is 0.472 e. The van der Waals surface area contributed by atoms with Crippen molar-refractivity contribution in [3.63, 3.8) is 0 Å². The first-order valence-electron chi connectivity index (χ1n) is 15.2. The normalized spacial score (nSPS) is 16.0. The third-order valence-electron chi connectivity index (χ3n) is 6.06. The Hall–Kier alpha value is -1.80. The topological polar surface area (TPSA) is 105 Å². The number of unbranched alkanes of at least 4 members (excludes halogenated alkanes) is 3. The highest BCUT2D eigenvalue weighted by Gasteiger charge is 2.28. The number of carbonyl (C=O) groups excluding carboxylic acids is 1. The Morgan fingerprint density at radius 2 is 1.37 bits per heavy atom. The summed E-state index contributed by atoms with van der Waals surface area (Å²) in [7, 11) is 1.54. The molecule has 0 aliphatic carbocycles. The predicted octanol–water partition coefficient (Wildman–Crippen LogP) is 6.78. The molecule has 41 heavy (non-hydrogen) atoms. The predicted molar refractivity (Wildman–Crippen MR) is 170 cm³/mol. The largest absolute Gasteiger partial charge is 0.472 e. The summed E-state index contributed by atoms with van der Waals surface area (Å²) >= 11 is 0. The molecule has 0 aromatic heterocycles. The molecule has 8 nitrogen and oxygen atoms in total. The number of quaternary nitrogens is 1. The van der Waals surface area contributed by atoms with Crippen molar-refractivity contribution in [1.29, 1.82) is 0 Å². The van der Waals surface area contributed by atoms with Gasteiger partial charge in [0.2, 0.25) is 5.91 Å². The van der Waals surface area contributed by atoms with Gasteiger partial charge in [0, 0.05) is 6.42 Å². The monoisotopic (exact) mass is 597 g/mol. The zero-order valence-electron chi connectivity index (χ0n) is 26.2. The average molecular weight is 598 g/mol. The summed E-state index contributed by atoms with van der Waals surface area (Å²) in [6.07, 6.45) is 29.0. The van der Waals surface area contributed by atoms with Crippen molar-refractivity contribution < 1.29 is 32.9 Å². The Balaban J connectivity index is 4.60. The number of carbonyl (C=O) groups is 1. The number of hydrogen-bond acceptors (Lipinski definition) is 5. The van der Waals surface area contributed by atoms with Crippen LogP contribution in [0.25, 0.3) is 0 Å². The fourth-order valence-corrected chi connectivity index (χ4v) is 4.31. The number of phosphoric ester groups is 1. The number of aliphatic hydroxyl groups excluding tert-OH is 1. The number of nitrogens with one attached hydrogen (secondary N) is 1. The van der Waals surface area contributed by atoms with E-state index in [0.29, 0.717) is 17.4 Å². The van der Waals surface area contributed by atoms with Crippen molar-refractivity contribution in [3.05, 3.63) is 60.8 Å². The first kappa shape index (κ1) is 39.2. The molecular weight excluding hydrogens is 539 g/mol. The lowest BCUT2D eigenvalue weighted by Gasteiger charge is -2.26. The number of hydrogen-bond donors (Lipinski definition) is 3. The van der Waals surface area contributed by atoms with Crippen molar-refractivity contribution in [3.8, 4) is 0 Å². The van der Waals surface area contributed by atoms with E-state index in [1.54, 1.807) is 6.08 Å². The molecule has 0 radical (unpaired) electrons. The fourth-order valence-electron chi connectivity index (χ4n) is 3.58. The third-order valence-corrected chi connectivity index (χ3v) is 7.04. The molecule has 0 heterocycles. The number of nitrogens with zero attached hydrogens (tertiary/aromatic N) is 1.